The molecule has 0 aliphatic carbocycles. The number of imidazole rings is 1. The number of carbonyl (C=O) groups is 1. The van der Waals surface area contributed by atoms with Crippen LogP contribution in [0.1, 0.15) is 34.6 Å². The van der Waals surface area contributed by atoms with E-state index >= 15 is 0 Å². The zero-order valence-electron chi connectivity index (χ0n) is 16.2. The second-order valence-electron chi connectivity index (χ2n) is 6.38. The minimum atomic E-state index is -0.340. The number of halogens is 1. The molecule has 7 heteroatoms. The summed E-state index contributed by atoms with van der Waals surface area (Å²) in [6.07, 6.45) is 3.00. The van der Waals surface area contributed by atoms with Crippen LogP contribution in [0.4, 0.5) is 4.39 Å². The number of carbonyl (C=O) groups excluding carboxylic acids is 1. The largest absolute Gasteiger partial charge is 0.493 e. The third kappa shape index (κ3) is 3.83. The van der Waals surface area contributed by atoms with Gasteiger partial charge in [0.05, 0.1) is 32.8 Å². The minimum Gasteiger partial charge on any atom is -0.493 e. The van der Waals surface area contributed by atoms with Crippen LogP contribution in [-0.4, -0.2) is 29.7 Å². The number of hydrogen-bond acceptors (Lipinski definition) is 4. The molecule has 0 spiro atoms. The summed E-state index contributed by atoms with van der Waals surface area (Å²) in [5, 5.41) is 2.98. The van der Waals surface area contributed by atoms with Gasteiger partial charge in [0.2, 0.25) is 0 Å². The standard InChI is InChI=1S/C21H22FN3O3/c1-13-9-19(27-3)20(28-4)10-17(13)14(2)24-21(26)18-11-23-12-25(18)16-7-5-15(22)6-8-16/h5-12,14H,1-4H3,(H,24,26). The fourth-order valence-corrected chi connectivity index (χ4v) is 3.08. The number of benzene rings is 2. The third-order valence-electron chi connectivity index (χ3n) is 4.56. The number of amides is 1. The third-order valence-corrected chi connectivity index (χ3v) is 4.56. The highest BCUT2D eigenvalue weighted by Gasteiger charge is 2.19. The molecular weight excluding hydrogens is 361 g/mol. The summed E-state index contributed by atoms with van der Waals surface area (Å²) in [6.45, 7) is 3.84. The molecule has 1 amide bonds. The number of rotatable bonds is 6. The van der Waals surface area contributed by atoms with Crippen molar-refractivity contribution in [3.63, 3.8) is 0 Å². The van der Waals surface area contributed by atoms with Crippen molar-refractivity contribution in [1.29, 1.82) is 0 Å². The van der Waals surface area contributed by atoms with E-state index in [-0.39, 0.29) is 17.8 Å². The SMILES string of the molecule is COc1cc(C)c(C(C)NC(=O)c2cncn2-c2ccc(F)cc2)cc1OC. The molecule has 3 rings (SSSR count). The number of aromatic nitrogens is 2. The molecule has 0 aliphatic heterocycles. The van der Waals surface area contributed by atoms with E-state index in [1.165, 1.54) is 24.7 Å². The van der Waals surface area contributed by atoms with Gasteiger partial charge in [0.15, 0.2) is 11.5 Å². The fourth-order valence-electron chi connectivity index (χ4n) is 3.08. The number of aryl methyl sites for hydroxylation is 1. The molecule has 1 aromatic heterocycles. The molecule has 3 aromatic rings. The van der Waals surface area contributed by atoms with E-state index in [4.69, 9.17) is 9.47 Å². The van der Waals surface area contributed by atoms with Crippen LogP contribution in [0, 0.1) is 12.7 Å². The molecule has 0 bridgehead atoms. The summed E-state index contributed by atoms with van der Waals surface area (Å²) in [5.74, 6) is 0.605. The van der Waals surface area contributed by atoms with Crippen LogP contribution in [0.15, 0.2) is 48.9 Å². The van der Waals surface area contributed by atoms with Crippen LogP contribution in [0.25, 0.3) is 5.69 Å². The summed E-state index contributed by atoms with van der Waals surface area (Å²) in [5.41, 5.74) is 2.90. The van der Waals surface area contributed by atoms with Crippen LogP contribution < -0.4 is 14.8 Å². The molecule has 1 N–H and O–H groups in total. The van der Waals surface area contributed by atoms with Crippen LogP contribution in [0.2, 0.25) is 0 Å². The molecule has 0 saturated carbocycles. The lowest BCUT2D eigenvalue weighted by atomic mass is 10.0. The Morgan fingerprint density at radius 1 is 1.14 bits per heavy atom. The molecule has 0 radical (unpaired) electrons. The quantitative estimate of drug-likeness (QED) is 0.703. The maximum absolute atomic E-state index is 13.2. The average Bonchev–Trinajstić information content (AvgIpc) is 3.18. The van der Waals surface area contributed by atoms with Crippen LogP contribution >= 0.6 is 0 Å². The van der Waals surface area contributed by atoms with E-state index in [0.717, 1.165) is 11.1 Å². The molecule has 2 aromatic carbocycles. The lowest BCUT2D eigenvalue weighted by Crippen LogP contribution is -2.28. The van der Waals surface area contributed by atoms with Crippen molar-refractivity contribution in [3.8, 4) is 17.2 Å². The fraction of sp³-hybridized carbons (Fsp3) is 0.238. The van der Waals surface area contributed by atoms with Crippen molar-refractivity contribution in [2.24, 2.45) is 0 Å². The lowest BCUT2D eigenvalue weighted by molar-refractivity contribution is 0.0933. The number of nitrogens with zero attached hydrogens (tertiary/aromatic N) is 2. The Balaban J connectivity index is 1.84. The second kappa shape index (κ2) is 8.12. The van der Waals surface area contributed by atoms with Gasteiger partial charge in [-0.3, -0.25) is 9.36 Å². The van der Waals surface area contributed by atoms with Gasteiger partial charge >= 0.3 is 0 Å². The molecule has 28 heavy (non-hydrogen) atoms. The highest BCUT2D eigenvalue weighted by Crippen LogP contribution is 2.33. The molecule has 6 nitrogen and oxygen atoms in total. The average molecular weight is 383 g/mol. The van der Waals surface area contributed by atoms with E-state index in [0.29, 0.717) is 22.9 Å². The van der Waals surface area contributed by atoms with Gasteiger partial charge in [-0.2, -0.15) is 0 Å². The normalized spacial score (nSPS) is 11.8. The van der Waals surface area contributed by atoms with Crippen LogP contribution in [-0.2, 0) is 0 Å². The van der Waals surface area contributed by atoms with Crippen molar-refractivity contribution in [3.05, 3.63) is 71.6 Å². The van der Waals surface area contributed by atoms with Crippen LogP contribution in [0.5, 0.6) is 11.5 Å². The molecule has 1 unspecified atom stereocenters. The van der Waals surface area contributed by atoms with E-state index in [9.17, 15) is 9.18 Å². The monoisotopic (exact) mass is 383 g/mol. The number of ether oxygens (including phenoxy) is 2. The lowest BCUT2D eigenvalue weighted by Gasteiger charge is -2.19. The number of methoxy groups -OCH3 is 2. The Hall–Kier alpha value is -3.35. The zero-order chi connectivity index (χ0) is 20.3. The first kappa shape index (κ1) is 19.4. The number of hydrogen-bond donors (Lipinski definition) is 1. The van der Waals surface area contributed by atoms with Crippen molar-refractivity contribution in [1.82, 2.24) is 14.9 Å². The minimum absolute atomic E-state index is 0.274. The Kier molecular flexibility index (Phi) is 5.63. The van der Waals surface area contributed by atoms with Crippen molar-refractivity contribution in [2.75, 3.05) is 14.2 Å². The van der Waals surface area contributed by atoms with Gasteiger partial charge in [0.25, 0.3) is 5.91 Å². The van der Waals surface area contributed by atoms with Gasteiger partial charge in [0.1, 0.15) is 11.5 Å². The van der Waals surface area contributed by atoms with Crippen molar-refractivity contribution < 1.29 is 18.7 Å². The van der Waals surface area contributed by atoms with Gasteiger partial charge < -0.3 is 14.8 Å². The Morgan fingerprint density at radius 3 is 2.43 bits per heavy atom. The molecule has 0 saturated heterocycles. The Labute approximate surface area is 162 Å². The predicted molar refractivity (Wildman–Crippen MR) is 104 cm³/mol. The van der Waals surface area contributed by atoms with Crippen molar-refractivity contribution >= 4 is 5.91 Å². The Morgan fingerprint density at radius 2 is 1.79 bits per heavy atom. The first-order valence-electron chi connectivity index (χ1n) is 8.76. The maximum atomic E-state index is 13.2. The van der Waals surface area contributed by atoms with E-state index in [1.54, 1.807) is 30.9 Å². The van der Waals surface area contributed by atoms with Gasteiger partial charge in [-0.25, -0.2) is 9.37 Å². The number of nitrogens with one attached hydrogen (secondary N) is 1. The summed E-state index contributed by atoms with van der Waals surface area (Å²) >= 11 is 0. The van der Waals surface area contributed by atoms with Gasteiger partial charge in [-0.05, 0) is 61.4 Å². The summed E-state index contributed by atoms with van der Waals surface area (Å²) < 4.78 is 25.5. The highest BCUT2D eigenvalue weighted by molar-refractivity contribution is 5.93. The first-order chi connectivity index (χ1) is 13.4. The first-order valence-corrected chi connectivity index (χ1v) is 8.76. The van der Waals surface area contributed by atoms with Gasteiger partial charge in [-0.15, -0.1) is 0 Å². The molecule has 146 valence electrons. The molecule has 1 heterocycles. The van der Waals surface area contributed by atoms with E-state index in [1.807, 2.05) is 26.0 Å². The van der Waals surface area contributed by atoms with E-state index < -0.39 is 0 Å². The molecule has 0 aliphatic rings. The summed E-state index contributed by atoms with van der Waals surface area (Å²) in [6, 6.07) is 9.32. The molecular formula is C21H22FN3O3. The maximum Gasteiger partial charge on any atom is 0.270 e. The van der Waals surface area contributed by atoms with Gasteiger partial charge in [-0.1, -0.05) is 0 Å². The highest BCUT2D eigenvalue weighted by atomic mass is 19.1. The Bertz CT molecular complexity index is 983. The smallest absolute Gasteiger partial charge is 0.270 e. The predicted octanol–water partition coefficient (Wildman–Crippen LogP) is 3.83. The zero-order valence-corrected chi connectivity index (χ0v) is 16.2. The topological polar surface area (TPSA) is 65.4 Å². The molecule has 0 fully saturated rings. The molecule has 1 atom stereocenters. The van der Waals surface area contributed by atoms with Crippen LogP contribution in [0.3, 0.4) is 0 Å². The van der Waals surface area contributed by atoms with Crippen molar-refractivity contribution in [2.45, 2.75) is 19.9 Å². The summed E-state index contributed by atoms with van der Waals surface area (Å²) in [7, 11) is 3.15. The summed E-state index contributed by atoms with van der Waals surface area (Å²) in [4.78, 5) is 16.9. The van der Waals surface area contributed by atoms with E-state index in [2.05, 4.69) is 10.3 Å². The second-order valence-corrected chi connectivity index (χ2v) is 6.38. The van der Waals surface area contributed by atoms with Gasteiger partial charge in [0, 0.05) is 5.69 Å².